The summed E-state index contributed by atoms with van der Waals surface area (Å²) in [6.45, 7) is 5.97. The summed E-state index contributed by atoms with van der Waals surface area (Å²) in [6, 6.07) is 0. The number of hydrogen-bond donors (Lipinski definition) is 1. The summed E-state index contributed by atoms with van der Waals surface area (Å²) in [5.41, 5.74) is 0. The maximum atomic E-state index is 10.9. The summed E-state index contributed by atoms with van der Waals surface area (Å²) in [4.78, 5) is 10.9. The SMILES string of the molecule is CO[C@@H]1OC(C(=O)O)[C@H](C)[C@@H](C)C1C. The Labute approximate surface area is 84.2 Å². The zero-order valence-corrected chi connectivity index (χ0v) is 9.06. The quantitative estimate of drug-likeness (QED) is 0.734. The molecule has 1 saturated heterocycles. The van der Waals surface area contributed by atoms with E-state index in [2.05, 4.69) is 0 Å². The smallest absolute Gasteiger partial charge is 0.333 e. The standard InChI is InChI=1S/C10H18O4/c1-5-6(2)8(9(11)12)14-10(13-4)7(5)3/h5-8,10H,1-4H3,(H,11,12)/t5-,6-,7?,8?,10-/m1/s1. The summed E-state index contributed by atoms with van der Waals surface area (Å²) in [5.74, 6) is -0.368. The van der Waals surface area contributed by atoms with E-state index in [-0.39, 0.29) is 17.8 Å². The number of carboxylic acids is 1. The van der Waals surface area contributed by atoms with Crippen LogP contribution in [0.3, 0.4) is 0 Å². The van der Waals surface area contributed by atoms with E-state index in [0.29, 0.717) is 0 Å². The summed E-state index contributed by atoms with van der Waals surface area (Å²) in [5, 5.41) is 8.95. The highest BCUT2D eigenvalue weighted by Crippen LogP contribution is 2.35. The van der Waals surface area contributed by atoms with Gasteiger partial charge in [0.15, 0.2) is 12.4 Å². The van der Waals surface area contributed by atoms with Crippen molar-refractivity contribution in [3.63, 3.8) is 0 Å². The molecule has 0 aromatic heterocycles. The highest BCUT2D eigenvalue weighted by molar-refractivity contribution is 5.72. The topological polar surface area (TPSA) is 55.8 Å². The minimum Gasteiger partial charge on any atom is -0.479 e. The summed E-state index contributed by atoms with van der Waals surface area (Å²) in [7, 11) is 1.54. The van der Waals surface area contributed by atoms with Crippen LogP contribution < -0.4 is 0 Å². The molecule has 0 saturated carbocycles. The van der Waals surface area contributed by atoms with Gasteiger partial charge < -0.3 is 14.6 Å². The normalized spacial score (nSPS) is 43.6. The number of carboxylic acid groups (broad SMARTS) is 1. The molecule has 82 valence electrons. The van der Waals surface area contributed by atoms with E-state index < -0.39 is 18.4 Å². The van der Waals surface area contributed by atoms with Gasteiger partial charge in [0.05, 0.1) is 0 Å². The van der Waals surface area contributed by atoms with Crippen molar-refractivity contribution < 1.29 is 19.4 Å². The van der Waals surface area contributed by atoms with Gasteiger partial charge in [0.25, 0.3) is 0 Å². The van der Waals surface area contributed by atoms with Gasteiger partial charge in [-0.25, -0.2) is 4.79 Å². The van der Waals surface area contributed by atoms with Gasteiger partial charge >= 0.3 is 5.97 Å². The predicted molar refractivity (Wildman–Crippen MR) is 50.8 cm³/mol. The first kappa shape index (κ1) is 11.5. The van der Waals surface area contributed by atoms with Crippen molar-refractivity contribution in [2.75, 3.05) is 7.11 Å². The zero-order chi connectivity index (χ0) is 10.9. The second kappa shape index (κ2) is 4.28. The van der Waals surface area contributed by atoms with Gasteiger partial charge in [-0.3, -0.25) is 0 Å². The molecule has 1 aliphatic heterocycles. The maximum Gasteiger partial charge on any atom is 0.333 e. The molecular formula is C10H18O4. The lowest BCUT2D eigenvalue weighted by molar-refractivity contribution is -0.240. The molecular weight excluding hydrogens is 184 g/mol. The lowest BCUT2D eigenvalue weighted by Crippen LogP contribution is -2.48. The van der Waals surface area contributed by atoms with Crippen LogP contribution in [-0.4, -0.2) is 30.6 Å². The van der Waals surface area contributed by atoms with Crippen LogP contribution in [0, 0.1) is 17.8 Å². The molecule has 1 rings (SSSR count). The molecule has 5 atom stereocenters. The molecule has 1 heterocycles. The minimum absolute atomic E-state index is 0.0221. The number of aliphatic carboxylic acids is 1. The van der Waals surface area contributed by atoms with Crippen molar-refractivity contribution >= 4 is 5.97 Å². The van der Waals surface area contributed by atoms with Gasteiger partial charge in [-0.05, 0) is 11.8 Å². The molecule has 0 amide bonds. The molecule has 4 nitrogen and oxygen atoms in total. The summed E-state index contributed by atoms with van der Waals surface area (Å²) < 4.78 is 10.5. The third-order valence-corrected chi connectivity index (χ3v) is 3.32. The first-order chi connectivity index (χ1) is 6.49. The molecule has 14 heavy (non-hydrogen) atoms. The van der Waals surface area contributed by atoms with E-state index in [4.69, 9.17) is 14.6 Å². The number of hydrogen-bond acceptors (Lipinski definition) is 3. The fraction of sp³-hybridized carbons (Fsp3) is 0.900. The largest absolute Gasteiger partial charge is 0.479 e. The second-order valence-corrected chi connectivity index (χ2v) is 4.08. The molecule has 0 bridgehead atoms. The van der Waals surface area contributed by atoms with Gasteiger partial charge in [0.1, 0.15) is 0 Å². The van der Waals surface area contributed by atoms with Gasteiger partial charge in [-0.15, -0.1) is 0 Å². The Bertz CT molecular complexity index is 214. The van der Waals surface area contributed by atoms with E-state index in [1.807, 2.05) is 20.8 Å². The average molecular weight is 202 g/mol. The second-order valence-electron chi connectivity index (χ2n) is 4.08. The van der Waals surface area contributed by atoms with E-state index in [1.165, 1.54) is 0 Å². The van der Waals surface area contributed by atoms with Crippen LogP contribution in [0.4, 0.5) is 0 Å². The number of methoxy groups -OCH3 is 1. The van der Waals surface area contributed by atoms with Gasteiger partial charge in [-0.2, -0.15) is 0 Å². The molecule has 4 heteroatoms. The maximum absolute atomic E-state index is 10.9. The average Bonchev–Trinajstić information content (AvgIpc) is 2.14. The Hall–Kier alpha value is -0.610. The van der Waals surface area contributed by atoms with E-state index in [1.54, 1.807) is 7.11 Å². The lowest BCUT2D eigenvalue weighted by Gasteiger charge is -2.41. The Morgan fingerprint density at radius 2 is 1.79 bits per heavy atom. The molecule has 1 fully saturated rings. The van der Waals surface area contributed by atoms with Gasteiger partial charge in [-0.1, -0.05) is 20.8 Å². The molecule has 0 aromatic rings. The van der Waals surface area contributed by atoms with Gasteiger partial charge in [0.2, 0.25) is 0 Å². The summed E-state index contributed by atoms with van der Waals surface area (Å²) in [6.07, 6.45) is -1.14. The molecule has 1 N–H and O–H groups in total. The predicted octanol–water partition coefficient (Wildman–Crippen LogP) is 1.35. The van der Waals surface area contributed by atoms with Crippen LogP contribution in [-0.2, 0) is 14.3 Å². The van der Waals surface area contributed by atoms with Crippen molar-refractivity contribution in [2.45, 2.75) is 33.2 Å². The van der Waals surface area contributed by atoms with Crippen molar-refractivity contribution in [3.05, 3.63) is 0 Å². The fourth-order valence-electron chi connectivity index (χ4n) is 1.95. The molecule has 0 spiro atoms. The van der Waals surface area contributed by atoms with Crippen molar-refractivity contribution in [1.29, 1.82) is 0 Å². The van der Waals surface area contributed by atoms with E-state index in [0.717, 1.165) is 0 Å². The highest BCUT2D eigenvalue weighted by Gasteiger charge is 2.42. The Balaban J connectivity index is 2.78. The van der Waals surface area contributed by atoms with Crippen LogP contribution >= 0.6 is 0 Å². The van der Waals surface area contributed by atoms with Crippen molar-refractivity contribution in [1.82, 2.24) is 0 Å². The minimum atomic E-state index is -0.904. The third kappa shape index (κ3) is 1.91. The molecule has 0 aromatic carbocycles. The highest BCUT2D eigenvalue weighted by atomic mass is 16.7. The summed E-state index contributed by atoms with van der Waals surface area (Å²) >= 11 is 0. The van der Waals surface area contributed by atoms with Crippen LogP contribution in [0.15, 0.2) is 0 Å². The number of rotatable bonds is 2. The van der Waals surface area contributed by atoms with Crippen LogP contribution in [0.2, 0.25) is 0 Å². The Kier molecular flexibility index (Phi) is 3.50. The van der Waals surface area contributed by atoms with Crippen molar-refractivity contribution in [3.8, 4) is 0 Å². The zero-order valence-electron chi connectivity index (χ0n) is 9.06. The first-order valence-corrected chi connectivity index (χ1v) is 4.90. The van der Waals surface area contributed by atoms with Gasteiger partial charge in [0, 0.05) is 13.0 Å². The molecule has 1 aliphatic rings. The van der Waals surface area contributed by atoms with Crippen LogP contribution in [0.5, 0.6) is 0 Å². The first-order valence-electron chi connectivity index (χ1n) is 4.90. The van der Waals surface area contributed by atoms with E-state index >= 15 is 0 Å². The van der Waals surface area contributed by atoms with Crippen LogP contribution in [0.25, 0.3) is 0 Å². The monoisotopic (exact) mass is 202 g/mol. The number of ether oxygens (including phenoxy) is 2. The van der Waals surface area contributed by atoms with Crippen molar-refractivity contribution in [2.24, 2.45) is 17.8 Å². The lowest BCUT2D eigenvalue weighted by atomic mass is 9.79. The number of carbonyl (C=O) groups is 1. The molecule has 0 radical (unpaired) electrons. The fourth-order valence-corrected chi connectivity index (χ4v) is 1.95. The Morgan fingerprint density at radius 1 is 1.21 bits per heavy atom. The molecule has 0 aliphatic carbocycles. The molecule has 2 unspecified atom stereocenters. The Morgan fingerprint density at radius 3 is 2.21 bits per heavy atom. The van der Waals surface area contributed by atoms with Crippen LogP contribution in [0.1, 0.15) is 20.8 Å². The van der Waals surface area contributed by atoms with E-state index in [9.17, 15) is 4.79 Å². The third-order valence-electron chi connectivity index (χ3n) is 3.32.